The molecule has 0 heteroatoms. The molecule has 0 N–H and O–H groups in total. The molecule has 0 heterocycles. The molecule has 5 rings (SSSR count). The third-order valence-corrected chi connectivity index (χ3v) is 6.13. The second-order valence-corrected chi connectivity index (χ2v) is 7.64. The fraction of sp³-hybridized carbons (Fsp3) is 0.280. The zero-order chi connectivity index (χ0) is 16.6. The summed E-state index contributed by atoms with van der Waals surface area (Å²) < 4.78 is 0. The lowest BCUT2D eigenvalue weighted by Crippen LogP contribution is -2.08. The van der Waals surface area contributed by atoms with E-state index in [4.69, 9.17) is 0 Å². The third-order valence-electron chi connectivity index (χ3n) is 6.13. The molecule has 0 aliphatic heterocycles. The van der Waals surface area contributed by atoms with Gasteiger partial charge in [-0.1, -0.05) is 91.6 Å². The summed E-state index contributed by atoms with van der Waals surface area (Å²) in [5.41, 5.74) is 7.45. The molecule has 2 aliphatic rings. The van der Waals surface area contributed by atoms with Gasteiger partial charge < -0.3 is 0 Å². The lowest BCUT2D eigenvalue weighted by atomic mass is 9.83. The van der Waals surface area contributed by atoms with Crippen LogP contribution < -0.4 is 0 Å². The Morgan fingerprint density at radius 3 is 2.36 bits per heavy atom. The normalized spacial score (nSPS) is 17.5. The molecule has 0 spiro atoms. The van der Waals surface area contributed by atoms with E-state index in [1.807, 2.05) is 0 Å². The molecule has 124 valence electrons. The maximum Gasteiger partial charge on any atom is -0.00548 e. The SMILES string of the molecule is C1=C(C2CCCCC2)Cc2cccc(-c3cccc4ccccc34)c21. The van der Waals surface area contributed by atoms with Crippen LogP contribution in [0.1, 0.15) is 43.2 Å². The number of allylic oxidation sites excluding steroid dienone is 1. The van der Waals surface area contributed by atoms with E-state index in [9.17, 15) is 0 Å². The molecule has 1 saturated carbocycles. The molecule has 25 heavy (non-hydrogen) atoms. The number of hydrogen-bond donors (Lipinski definition) is 0. The molecule has 0 atom stereocenters. The van der Waals surface area contributed by atoms with E-state index in [0.29, 0.717) is 0 Å². The smallest absolute Gasteiger partial charge is 0.00548 e. The molecule has 2 aliphatic carbocycles. The number of hydrogen-bond acceptors (Lipinski definition) is 0. The van der Waals surface area contributed by atoms with Crippen LogP contribution in [0.25, 0.3) is 28.0 Å². The highest BCUT2D eigenvalue weighted by atomic mass is 14.3. The van der Waals surface area contributed by atoms with E-state index in [1.54, 1.807) is 5.57 Å². The summed E-state index contributed by atoms with van der Waals surface area (Å²) in [5.74, 6) is 0.821. The first-order valence-electron chi connectivity index (χ1n) is 9.71. The van der Waals surface area contributed by atoms with Gasteiger partial charge in [-0.15, -0.1) is 0 Å². The van der Waals surface area contributed by atoms with Gasteiger partial charge >= 0.3 is 0 Å². The Hall–Kier alpha value is -2.34. The van der Waals surface area contributed by atoms with Crippen molar-refractivity contribution in [1.29, 1.82) is 0 Å². The van der Waals surface area contributed by atoms with E-state index in [2.05, 4.69) is 66.7 Å². The van der Waals surface area contributed by atoms with Gasteiger partial charge in [-0.3, -0.25) is 0 Å². The Bertz CT molecular complexity index is 949. The van der Waals surface area contributed by atoms with Crippen molar-refractivity contribution in [1.82, 2.24) is 0 Å². The van der Waals surface area contributed by atoms with Crippen LogP contribution in [0, 0.1) is 5.92 Å². The van der Waals surface area contributed by atoms with Gasteiger partial charge in [-0.25, -0.2) is 0 Å². The van der Waals surface area contributed by atoms with Gasteiger partial charge in [0, 0.05) is 0 Å². The summed E-state index contributed by atoms with van der Waals surface area (Å²) in [5, 5.41) is 2.69. The number of benzene rings is 3. The van der Waals surface area contributed by atoms with Crippen LogP contribution in [0.15, 0.2) is 66.2 Å². The second kappa shape index (κ2) is 6.19. The molecule has 3 aromatic carbocycles. The van der Waals surface area contributed by atoms with E-state index in [0.717, 1.165) is 5.92 Å². The number of rotatable bonds is 2. The van der Waals surface area contributed by atoms with Gasteiger partial charge in [-0.2, -0.15) is 0 Å². The van der Waals surface area contributed by atoms with Crippen LogP contribution in [-0.2, 0) is 6.42 Å². The van der Waals surface area contributed by atoms with Crippen LogP contribution in [0.2, 0.25) is 0 Å². The molecule has 0 amide bonds. The standard InChI is InChI=1S/C25H24/c1-2-8-18(9-3-1)21-16-20-12-7-15-24(25(20)17-21)23-14-6-11-19-10-4-5-13-22(19)23/h4-7,10-15,17-18H,1-3,8-9,16H2. The monoisotopic (exact) mass is 324 g/mol. The van der Waals surface area contributed by atoms with Crippen molar-refractivity contribution in [2.75, 3.05) is 0 Å². The molecular formula is C25H24. The summed E-state index contributed by atoms with van der Waals surface area (Å²) >= 11 is 0. The molecule has 0 aromatic heterocycles. The van der Waals surface area contributed by atoms with Crippen molar-refractivity contribution in [2.24, 2.45) is 5.92 Å². The van der Waals surface area contributed by atoms with Crippen molar-refractivity contribution < 1.29 is 0 Å². The van der Waals surface area contributed by atoms with Crippen molar-refractivity contribution >= 4 is 16.8 Å². The Morgan fingerprint density at radius 1 is 0.680 bits per heavy atom. The molecule has 0 unspecified atom stereocenters. The average molecular weight is 324 g/mol. The topological polar surface area (TPSA) is 0 Å². The highest BCUT2D eigenvalue weighted by molar-refractivity contribution is 5.99. The highest BCUT2D eigenvalue weighted by Crippen LogP contribution is 2.41. The summed E-state index contributed by atoms with van der Waals surface area (Å²) in [6.07, 6.45) is 10.7. The van der Waals surface area contributed by atoms with Crippen LogP contribution in [0.3, 0.4) is 0 Å². The van der Waals surface area contributed by atoms with E-state index < -0.39 is 0 Å². The van der Waals surface area contributed by atoms with Gasteiger partial charge in [0.15, 0.2) is 0 Å². The number of fused-ring (bicyclic) bond motifs is 2. The minimum absolute atomic E-state index is 0.821. The average Bonchev–Trinajstić information content (AvgIpc) is 3.13. The van der Waals surface area contributed by atoms with Crippen LogP contribution >= 0.6 is 0 Å². The van der Waals surface area contributed by atoms with Gasteiger partial charge in [-0.05, 0) is 58.2 Å². The second-order valence-electron chi connectivity index (χ2n) is 7.64. The van der Waals surface area contributed by atoms with Crippen molar-refractivity contribution in [3.8, 4) is 11.1 Å². The largest absolute Gasteiger partial charge is 0.0621 e. The van der Waals surface area contributed by atoms with Gasteiger partial charge in [0.1, 0.15) is 0 Å². The lowest BCUT2D eigenvalue weighted by Gasteiger charge is -2.22. The summed E-state index contributed by atoms with van der Waals surface area (Å²) in [6, 6.07) is 22.3. The first-order valence-corrected chi connectivity index (χ1v) is 9.71. The van der Waals surface area contributed by atoms with E-state index >= 15 is 0 Å². The quantitative estimate of drug-likeness (QED) is 0.475. The fourth-order valence-electron chi connectivity index (χ4n) is 4.82. The summed E-state index contributed by atoms with van der Waals surface area (Å²) in [7, 11) is 0. The molecular weight excluding hydrogens is 300 g/mol. The molecule has 0 radical (unpaired) electrons. The first-order chi connectivity index (χ1) is 12.4. The third kappa shape index (κ3) is 2.61. The van der Waals surface area contributed by atoms with Crippen molar-refractivity contribution in [3.63, 3.8) is 0 Å². The zero-order valence-electron chi connectivity index (χ0n) is 14.7. The first kappa shape index (κ1) is 15.0. The Kier molecular flexibility index (Phi) is 3.70. The van der Waals surface area contributed by atoms with Crippen LogP contribution in [-0.4, -0.2) is 0 Å². The summed E-state index contributed by atoms with van der Waals surface area (Å²) in [4.78, 5) is 0. The molecule has 0 nitrogen and oxygen atoms in total. The van der Waals surface area contributed by atoms with E-state index in [1.165, 1.54) is 71.6 Å². The zero-order valence-corrected chi connectivity index (χ0v) is 14.7. The Balaban J connectivity index is 1.63. The van der Waals surface area contributed by atoms with Crippen molar-refractivity contribution in [2.45, 2.75) is 38.5 Å². The lowest BCUT2D eigenvalue weighted by molar-refractivity contribution is 0.401. The maximum absolute atomic E-state index is 2.53. The Morgan fingerprint density at radius 2 is 1.44 bits per heavy atom. The molecule has 0 bridgehead atoms. The van der Waals surface area contributed by atoms with Gasteiger partial charge in [0.2, 0.25) is 0 Å². The van der Waals surface area contributed by atoms with Crippen LogP contribution in [0.5, 0.6) is 0 Å². The highest BCUT2D eigenvalue weighted by Gasteiger charge is 2.24. The van der Waals surface area contributed by atoms with Gasteiger partial charge in [0.05, 0.1) is 0 Å². The predicted molar refractivity (Wildman–Crippen MR) is 108 cm³/mol. The maximum atomic E-state index is 2.53. The molecule has 3 aromatic rings. The van der Waals surface area contributed by atoms with E-state index in [-0.39, 0.29) is 0 Å². The minimum atomic E-state index is 0.821. The molecule has 0 saturated heterocycles. The predicted octanol–water partition coefficient (Wildman–Crippen LogP) is 7.03. The van der Waals surface area contributed by atoms with Gasteiger partial charge in [0.25, 0.3) is 0 Å². The van der Waals surface area contributed by atoms with Crippen LogP contribution in [0.4, 0.5) is 0 Å². The minimum Gasteiger partial charge on any atom is -0.0621 e. The Labute approximate surface area is 150 Å². The van der Waals surface area contributed by atoms with Crippen molar-refractivity contribution in [3.05, 3.63) is 77.4 Å². The molecule has 1 fully saturated rings. The fourth-order valence-corrected chi connectivity index (χ4v) is 4.82. The summed E-state index contributed by atoms with van der Waals surface area (Å²) in [6.45, 7) is 0.